The maximum Gasteiger partial charge on any atom is 0.217 e. The number of anilines is 1. The summed E-state index contributed by atoms with van der Waals surface area (Å²) in [6.45, 7) is 1.99. The predicted octanol–water partition coefficient (Wildman–Crippen LogP) is 1.43. The Morgan fingerprint density at radius 2 is 2.25 bits per heavy atom. The van der Waals surface area contributed by atoms with Crippen molar-refractivity contribution in [3.8, 4) is 5.75 Å². The van der Waals surface area contributed by atoms with Crippen LogP contribution in [0.1, 0.15) is 12.5 Å². The summed E-state index contributed by atoms with van der Waals surface area (Å²) in [6.07, 6.45) is 3.74. The first-order valence-corrected chi connectivity index (χ1v) is 4.97. The van der Waals surface area contributed by atoms with E-state index in [-0.39, 0.29) is 5.91 Å². The largest absolute Gasteiger partial charge is 0.497 e. The number of benzene rings is 1. The zero-order chi connectivity index (χ0) is 12.0. The van der Waals surface area contributed by atoms with Crippen molar-refractivity contribution < 1.29 is 9.53 Å². The Hall–Kier alpha value is -1.97. The van der Waals surface area contributed by atoms with Crippen LogP contribution in [-0.2, 0) is 4.79 Å². The number of rotatable bonds is 4. The summed E-state index contributed by atoms with van der Waals surface area (Å²) in [7, 11) is 1.60. The van der Waals surface area contributed by atoms with E-state index in [0.717, 1.165) is 11.3 Å². The number of hydrogen-bond acceptors (Lipinski definition) is 3. The molecule has 0 aliphatic carbocycles. The molecule has 0 spiro atoms. The number of ether oxygens (including phenoxy) is 1. The molecule has 16 heavy (non-hydrogen) atoms. The van der Waals surface area contributed by atoms with Gasteiger partial charge < -0.3 is 15.8 Å². The minimum absolute atomic E-state index is 0.0465. The van der Waals surface area contributed by atoms with Gasteiger partial charge in [0.05, 0.1) is 7.11 Å². The Kier molecular flexibility index (Phi) is 4.39. The quantitative estimate of drug-likeness (QED) is 0.754. The van der Waals surface area contributed by atoms with Gasteiger partial charge in [-0.15, -0.1) is 0 Å². The van der Waals surface area contributed by atoms with Crippen LogP contribution in [0.4, 0.5) is 5.69 Å². The second-order valence-electron chi connectivity index (χ2n) is 3.38. The average molecular weight is 220 g/mol. The molecular formula is C12H16N2O2. The smallest absolute Gasteiger partial charge is 0.217 e. The third-order valence-electron chi connectivity index (χ3n) is 1.97. The van der Waals surface area contributed by atoms with E-state index in [1.165, 1.54) is 6.92 Å². The molecule has 0 heterocycles. The number of carbonyl (C=O) groups excluding carboxylic acids is 1. The molecule has 0 atom stereocenters. The summed E-state index contributed by atoms with van der Waals surface area (Å²) in [5.41, 5.74) is 7.30. The first-order chi connectivity index (χ1) is 7.61. The highest BCUT2D eigenvalue weighted by Crippen LogP contribution is 2.19. The van der Waals surface area contributed by atoms with E-state index in [1.807, 2.05) is 24.3 Å². The Balaban J connectivity index is 2.65. The maximum atomic E-state index is 10.6. The summed E-state index contributed by atoms with van der Waals surface area (Å²) in [5, 5.41) is 2.67. The molecule has 0 aliphatic heterocycles. The van der Waals surface area contributed by atoms with Gasteiger partial charge in [-0.05, 0) is 17.7 Å². The van der Waals surface area contributed by atoms with Gasteiger partial charge in [0, 0.05) is 25.2 Å². The van der Waals surface area contributed by atoms with Crippen LogP contribution in [0.25, 0.3) is 6.08 Å². The Morgan fingerprint density at radius 3 is 2.88 bits per heavy atom. The molecule has 3 N–H and O–H groups in total. The molecular weight excluding hydrogens is 204 g/mol. The molecule has 0 fully saturated rings. The first kappa shape index (κ1) is 12.1. The van der Waals surface area contributed by atoms with Crippen LogP contribution < -0.4 is 15.8 Å². The molecule has 1 aromatic carbocycles. The fourth-order valence-electron chi connectivity index (χ4n) is 1.26. The lowest BCUT2D eigenvalue weighted by molar-refractivity contribution is -0.118. The topological polar surface area (TPSA) is 64.3 Å². The van der Waals surface area contributed by atoms with Gasteiger partial charge in [0.1, 0.15) is 5.75 Å². The van der Waals surface area contributed by atoms with Crippen LogP contribution in [0.2, 0.25) is 0 Å². The Morgan fingerprint density at radius 1 is 1.50 bits per heavy atom. The summed E-state index contributed by atoms with van der Waals surface area (Å²) in [4.78, 5) is 10.6. The molecule has 1 rings (SSSR count). The number of nitrogens with one attached hydrogen (secondary N) is 1. The zero-order valence-electron chi connectivity index (χ0n) is 9.49. The third-order valence-corrected chi connectivity index (χ3v) is 1.97. The van der Waals surface area contributed by atoms with Gasteiger partial charge in [-0.3, -0.25) is 4.79 Å². The molecule has 1 aromatic rings. The molecule has 0 saturated carbocycles. The second kappa shape index (κ2) is 5.80. The highest BCUT2D eigenvalue weighted by molar-refractivity contribution is 5.73. The number of carbonyl (C=O) groups is 1. The molecule has 0 saturated heterocycles. The zero-order valence-corrected chi connectivity index (χ0v) is 9.49. The van der Waals surface area contributed by atoms with E-state index in [9.17, 15) is 4.79 Å². The van der Waals surface area contributed by atoms with Crippen LogP contribution in [0, 0.1) is 0 Å². The van der Waals surface area contributed by atoms with Gasteiger partial charge in [-0.25, -0.2) is 0 Å². The number of hydrogen-bond donors (Lipinski definition) is 2. The van der Waals surface area contributed by atoms with E-state index in [1.54, 1.807) is 13.2 Å². The summed E-state index contributed by atoms with van der Waals surface area (Å²) < 4.78 is 5.10. The van der Waals surface area contributed by atoms with Crippen molar-refractivity contribution in [1.82, 2.24) is 5.32 Å². The molecule has 0 aromatic heterocycles. The summed E-state index contributed by atoms with van der Waals surface area (Å²) in [6, 6.07) is 5.47. The molecule has 0 bridgehead atoms. The van der Waals surface area contributed by atoms with E-state index >= 15 is 0 Å². The molecule has 4 nitrogen and oxygen atoms in total. The highest BCUT2D eigenvalue weighted by atomic mass is 16.5. The van der Waals surface area contributed by atoms with Gasteiger partial charge in [0.15, 0.2) is 0 Å². The molecule has 1 amide bonds. The fourth-order valence-corrected chi connectivity index (χ4v) is 1.26. The second-order valence-corrected chi connectivity index (χ2v) is 3.38. The van der Waals surface area contributed by atoms with Crippen molar-refractivity contribution in [2.45, 2.75) is 6.92 Å². The number of nitrogens with two attached hydrogens (primary N) is 1. The van der Waals surface area contributed by atoms with Gasteiger partial charge in [0.25, 0.3) is 0 Å². The Labute approximate surface area is 95.1 Å². The van der Waals surface area contributed by atoms with Gasteiger partial charge in [-0.1, -0.05) is 12.2 Å². The number of amides is 1. The van der Waals surface area contributed by atoms with Crippen LogP contribution in [0.3, 0.4) is 0 Å². The first-order valence-electron chi connectivity index (χ1n) is 4.97. The van der Waals surface area contributed by atoms with E-state index in [4.69, 9.17) is 10.5 Å². The minimum atomic E-state index is -0.0465. The number of nitrogen functional groups attached to an aromatic ring is 1. The average Bonchev–Trinajstić information content (AvgIpc) is 2.23. The molecule has 4 heteroatoms. The van der Waals surface area contributed by atoms with Crippen molar-refractivity contribution in [1.29, 1.82) is 0 Å². The van der Waals surface area contributed by atoms with Crippen molar-refractivity contribution in [3.63, 3.8) is 0 Å². The molecule has 86 valence electrons. The van der Waals surface area contributed by atoms with Gasteiger partial charge in [0.2, 0.25) is 5.91 Å². The van der Waals surface area contributed by atoms with Crippen LogP contribution in [-0.4, -0.2) is 19.6 Å². The standard InChI is InChI=1S/C12H16N2O2/c1-9(15)14-5-3-4-10-6-11(13)8-12(7-10)16-2/h3-4,6-8H,5,13H2,1-2H3,(H,14,15). The molecule has 0 unspecified atom stereocenters. The van der Waals surface area contributed by atoms with E-state index < -0.39 is 0 Å². The van der Waals surface area contributed by atoms with Crippen LogP contribution >= 0.6 is 0 Å². The van der Waals surface area contributed by atoms with Gasteiger partial charge in [-0.2, -0.15) is 0 Å². The predicted molar refractivity (Wildman–Crippen MR) is 65.1 cm³/mol. The van der Waals surface area contributed by atoms with Gasteiger partial charge >= 0.3 is 0 Å². The monoisotopic (exact) mass is 220 g/mol. The lowest BCUT2D eigenvalue weighted by Crippen LogP contribution is -2.19. The Bertz CT molecular complexity index is 400. The lowest BCUT2D eigenvalue weighted by Gasteiger charge is -2.03. The van der Waals surface area contributed by atoms with Crippen molar-refractivity contribution in [2.75, 3.05) is 19.4 Å². The van der Waals surface area contributed by atoms with Crippen molar-refractivity contribution >= 4 is 17.7 Å². The van der Waals surface area contributed by atoms with E-state index in [2.05, 4.69) is 5.32 Å². The number of methoxy groups -OCH3 is 1. The molecule has 0 aliphatic rings. The lowest BCUT2D eigenvalue weighted by atomic mass is 10.2. The SMILES string of the molecule is COc1cc(N)cc(C=CCNC(C)=O)c1. The van der Waals surface area contributed by atoms with Crippen LogP contribution in [0.15, 0.2) is 24.3 Å². The van der Waals surface area contributed by atoms with Crippen LogP contribution in [0.5, 0.6) is 5.75 Å². The summed E-state index contributed by atoms with van der Waals surface area (Å²) >= 11 is 0. The fraction of sp³-hybridized carbons (Fsp3) is 0.250. The summed E-state index contributed by atoms with van der Waals surface area (Å²) in [5.74, 6) is 0.675. The highest BCUT2D eigenvalue weighted by Gasteiger charge is 1.95. The maximum absolute atomic E-state index is 10.6. The van der Waals surface area contributed by atoms with Crippen molar-refractivity contribution in [3.05, 3.63) is 29.8 Å². The minimum Gasteiger partial charge on any atom is -0.497 e. The van der Waals surface area contributed by atoms with E-state index in [0.29, 0.717) is 12.2 Å². The normalized spacial score (nSPS) is 10.4. The molecule has 0 radical (unpaired) electrons. The third kappa shape index (κ3) is 4.04. The van der Waals surface area contributed by atoms with Crippen molar-refractivity contribution in [2.24, 2.45) is 0 Å².